The lowest BCUT2D eigenvalue weighted by molar-refractivity contribution is -0.164. The van der Waals surface area contributed by atoms with E-state index in [0.717, 1.165) is 5.76 Å². The van der Waals surface area contributed by atoms with Gasteiger partial charge in [0.05, 0.1) is 19.8 Å². The predicted octanol–water partition coefficient (Wildman–Crippen LogP) is 0.535. The number of rotatable bonds is 3. The van der Waals surface area contributed by atoms with E-state index < -0.39 is 5.41 Å². The van der Waals surface area contributed by atoms with Crippen molar-refractivity contribution < 1.29 is 19.1 Å². The molecule has 82 valence electrons. The molecule has 2 rings (SSSR count). The van der Waals surface area contributed by atoms with E-state index in [0.29, 0.717) is 5.88 Å². The number of carbonyl (C=O) groups is 1. The van der Waals surface area contributed by atoms with Gasteiger partial charge in [0.1, 0.15) is 11.2 Å². The van der Waals surface area contributed by atoms with Crippen LogP contribution in [0.5, 0.6) is 0 Å². The van der Waals surface area contributed by atoms with Crippen LogP contribution in [0.4, 0.5) is 5.88 Å². The third-order valence-electron chi connectivity index (χ3n) is 2.52. The third-order valence-corrected chi connectivity index (χ3v) is 2.52. The Hall–Kier alpha value is -1.33. The van der Waals surface area contributed by atoms with Gasteiger partial charge in [0.15, 0.2) is 5.88 Å². The van der Waals surface area contributed by atoms with Crippen molar-refractivity contribution in [1.29, 1.82) is 0 Å². The van der Waals surface area contributed by atoms with E-state index in [1.165, 1.54) is 0 Å². The minimum atomic E-state index is -0.791. The van der Waals surface area contributed by atoms with Crippen LogP contribution in [0.25, 0.3) is 0 Å². The number of furan rings is 1. The van der Waals surface area contributed by atoms with E-state index >= 15 is 0 Å². The van der Waals surface area contributed by atoms with Crippen molar-refractivity contribution in [3.05, 3.63) is 17.9 Å². The summed E-state index contributed by atoms with van der Waals surface area (Å²) < 4.78 is 10.1. The summed E-state index contributed by atoms with van der Waals surface area (Å²) in [6, 6.07) is 3.44. The standard InChI is InChI=1S/C10H13NO4/c1-7-2-3-8(15-7)11-9(13)10(4-12)5-14-6-10/h2-3,12H,4-6H2,1H3,(H,11,13). The average Bonchev–Trinajstić information content (AvgIpc) is 2.50. The van der Waals surface area contributed by atoms with Crippen LogP contribution in [0.3, 0.4) is 0 Å². The summed E-state index contributed by atoms with van der Waals surface area (Å²) in [4.78, 5) is 11.7. The summed E-state index contributed by atoms with van der Waals surface area (Å²) in [6.07, 6.45) is 0. The SMILES string of the molecule is Cc1ccc(NC(=O)C2(CO)COC2)o1. The predicted molar refractivity (Wildman–Crippen MR) is 52.4 cm³/mol. The highest BCUT2D eigenvalue weighted by Crippen LogP contribution is 2.28. The molecule has 1 amide bonds. The van der Waals surface area contributed by atoms with Crippen molar-refractivity contribution in [2.45, 2.75) is 6.92 Å². The molecule has 1 aromatic heterocycles. The number of amides is 1. The molecule has 1 aliphatic rings. The summed E-state index contributed by atoms with van der Waals surface area (Å²) in [5.74, 6) is 0.871. The second kappa shape index (κ2) is 3.67. The van der Waals surface area contributed by atoms with Crippen LogP contribution in [0.2, 0.25) is 0 Å². The Morgan fingerprint density at radius 1 is 1.60 bits per heavy atom. The largest absolute Gasteiger partial charge is 0.446 e. The zero-order valence-electron chi connectivity index (χ0n) is 8.45. The van der Waals surface area contributed by atoms with Crippen molar-refractivity contribution in [3.8, 4) is 0 Å². The smallest absolute Gasteiger partial charge is 0.239 e. The minimum Gasteiger partial charge on any atom is -0.446 e. The Morgan fingerprint density at radius 2 is 2.33 bits per heavy atom. The molecular formula is C10H13NO4. The van der Waals surface area contributed by atoms with Crippen molar-refractivity contribution in [2.24, 2.45) is 5.41 Å². The number of nitrogens with one attached hydrogen (secondary N) is 1. The summed E-state index contributed by atoms with van der Waals surface area (Å²) in [5, 5.41) is 11.7. The van der Waals surface area contributed by atoms with Gasteiger partial charge < -0.3 is 14.3 Å². The molecule has 0 aromatic carbocycles. The van der Waals surface area contributed by atoms with E-state index in [1.807, 2.05) is 0 Å². The minimum absolute atomic E-state index is 0.210. The van der Waals surface area contributed by atoms with E-state index in [4.69, 9.17) is 14.3 Å². The first-order valence-electron chi connectivity index (χ1n) is 4.73. The van der Waals surface area contributed by atoms with E-state index in [1.54, 1.807) is 19.1 Å². The maximum absolute atomic E-state index is 11.7. The van der Waals surface area contributed by atoms with Crippen LogP contribution in [0.1, 0.15) is 5.76 Å². The number of aliphatic hydroxyl groups is 1. The Bertz CT molecular complexity index is 362. The molecule has 1 fully saturated rings. The molecule has 5 heteroatoms. The monoisotopic (exact) mass is 211 g/mol. The molecule has 0 saturated carbocycles. The highest BCUT2D eigenvalue weighted by atomic mass is 16.5. The van der Waals surface area contributed by atoms with Crippen molar-refractivity contribution in [2.75, 3.05) is 25.1 Å². The fourth-order valence-electron chi connectivity index (χ4n) is 1.39. The molecule has 2 heterocycles. The fraction of sp³-hybridized carbons (Fsp3) is 0.500. The van der Waals surface area contributed by atoms with Gasteiger partial charge in [-0.05, 0) is 13.0 Å². The maximum Gasteiger partial charge on any atom is 0.239 e. The Labute approximate surface area is 87.0 Å². The molecule has 0 spiro atoms. The van der Waals surface area contributed by atoms with Gasteiger partial charge in [0.25, 0.3) is 0 Å². The summed E-state index contributed by atoms with van der Waals surface area (Å²) in [6.45, 7) is 2.10. The maximum atomic E-state index is 11.7. The van der Waals surface area contributed by atoms with Crippen molar-refractivity contribution >= 4 is 11.8 Å². The van der Waals surface area contributed by atoms with Gasteiger partial charge in [0, 0.05) is 6.07 Å². The van der Waals surface area contributed by atoms with Gasteiger partial charge >= 0.3 is 0 Å². The molecule has 2 N–H and O–H groups in total. The summed E-state index contributed by atoms with van der Waals surface area (Å²) in [7, 11) is 0. The first kappa shape index (κ1) is 10.2. The molecule has 1 aliphatic heterocycles. The zero-order chi connectivity index (χ0) is 10.9. The number of anilines is 1. The number of carbonyl (C=O) groups excluding carboxylic acids is 1. The fourth-order valence-corrected chi connectivity index (χ4v) is 1.39. The van der Waals surface area contributed by atoms with E-state index in [2.05, 4.69) is 5.32 Å². The number of hydrogen-bond donors (Lipinski definition) is 2. The molecule has 0 bridgehead atoms. The molecule has 0 radical (unpaired) electrons. The first-order chi connectivity index (χ1) is 7.16. The number of ether oxygens (including phenoxy) is 1. The zero-order valence-corrected chi connectivity index (χ0v) is 8.45. The third kappa shape index (κ3) is 1.75. The molecule has 1 aromatic rings. The second-order valence-corrected chi connectivity index (χ2v) is 3.80. The summed E-state index contributed by atoms with van der Waals surface area (Å²) in [5.41, 5.74) is -0.791. The van der Waals surface area contributed by atoms with Gasteiger partial charge in [0.2, 0.25) is 5.91 Å². The van der Waals surface area contributed by atoms with Crippen molar-refractivity contribution in [1.82, 2.24) is 0 Å². The van der Waals surface area contributed by atoms with Crippen LogP contribution in [0, 0.1) is 12.3 Å². The number of aryl methyl sites for hydroxylation is 1. The Morgan fingerprint density at radius 3 is 2.73 bits per heavy atom. The summed E-state index contributed by atoms with van der Waals surface area (Å²) >= 11 is 0. The average molecular weight is 211 g/mol. The molecule has 0 atom stereocenters. The van der Waals surface area contributed by atoms with Crippen LogP contribution in [-0.2, 0) is 9.53 Å². The number of hydrogen-bond acceptors (Lipinski definition) is 4. The Balaban J connectivity index is 2.03. The van der Waals surface area contributed by atoms with Crippen LogP contribution in [0.15, 0.2) is 16.5 Å². The molecular weight excluding hydrogens is 198 g/mol. The molecule has 5 nitrogen and oxygen atoms in total. The lowest BCUT2D eigenvalue weighted by atomic mass is 9.86. The number of aliphatic hydroxyl groups excluding tert-OH is 1. The highest BCUT2D eigenvalue weighted by Gasteiger charge is 2.45. The normalized spacial score (nSPS) is 18.3. The second-order valence-electron chi connectivity index (χ2n) is 3.80. The molecule has 1 saturated heterocycles. The topological polar surface area (TPSA) is 71.7 Å². The van der Waals surface area contributed by atoms with Crippen LogP contribution in [-0.4, -0.2) is 30.8 Å². The highest BCUT2D eigenvalue weighted by molar-refractivity contribution is 5.95. The lowest BCUT2D eigenvalue weighted by Crippen LogP contribution is -2.54. The van der Waals surface area contributed by atoms with Crippen LogP contribution >= 0.6 is 0 Å². The van der Waals surface area contributed by atoms with Gasteiger partial charge in [-0.3, -0.25) is 10.1 Å². The van der Waals surface area contributed by atoms with Gasteiger partial charge in [-0.25, -0.2) is 0 Å². The van der Waals surface area contributed by atoms with Gasteiger partial charge in [-0.15, -0.1) is 0 Å². The quantitative estimate of drug-likeness (QED) is 0.765. The lowest BCUT2D eigenvalue weighted by Gasteiger charge is -2.37. The van der Waals surface area contributed by atoms with Crippen molar-refractivity contribution in [3.63, 3.8) is 0 Å². The van der Waals surface area contributed by atoms with Gasteiger partial charge in [-0.1, -0.05) is 0 Å². The van der Waals surface area contributed by atoms with Crippen LogP contribution < -0.4 is 5.32 Å². The van der Waals surface area contributed by atoms with Gasteiger partial charge in [-0.2, -0.15) is 0 Å². The molecule has 15 heavy (non-hydrogen) atoms. The Kier molecular flexibility index (Phi) is 2.50. The molecule has 0 aliphatic carbocycles. The van der Waals surface area contributed by atoms with E-state index in [-0.39, 0.29) is 25.7 Å². The van der Waals surface area contributed by atoms with E-state index in [9.17, 15) is 4.79 Å². The first-order valence-corrected chi connectivity index (χ1v) is 4.73. The molecule has 0 unspecified atom stereocenters.